The van der Waals surface area contributed by atoms with Crippen LogP contribution < -0.4 is 5.73 Å². The third-order valence-electron chi connectivity index (χ3n) is 4.03. The number of rotatable bonds is 2. The Hall–Kier alpha value is -3.49. The average molecular weight is 375 g/mol. The van der Waals surface area contributed by atoms with E-state index < -0.39 is 12.0 Å². The van der Waals surface area contributed by atoms with Crippen LogP contribution in [0, 0.1) is 0 Å². The number of nitrogens with zero attached hydrogens (tertiary/aromatic N) is 2. The topological polar surface area (TPSA) is 137 Å². The van der Waals surface area contributed by atoms with Crippen molar-refractivity contribution >= 4 is 23.5 Å². The predicted octanol–water partition coefficient (Wildman–Crippen LogP) is 1.01. The van der Waals surface area contributed by atoms with Crippen LogP contribution in [-0.4, -0.2) is 63.5 Å². The molecule has 0 bridgehead atoms. The van der Waals surface area contributed by atoms with Crippen LogP contribution in [0.2, 0.25) is 0 Å². The highest BCUT2D eigenvalue weighted by atomic mass is 16.4. The molecule has 2 heterocycles. The van der Waals surface area contributed by atoms with E-state index in [1.807, 2.05) is 0 Å². The van der Waals surface area contributed by atoms with Gasteiger partial charge in [0.2, 0.25) is 5.91 Å². The van der Waals surface area contributed by atoms with E-state index in [9.17, 15) is 14.4 Å². The number of amides is 2. The summed E-state index contributed by atoms with van der Waals surface area (Å²) < 4.78 is 5.00. The molecule has 0 aliphatic carbocycles. The maximum Gasteiger partial charge on any atom is 0.328 e. The highest BCUT2D eigenvalue weighted by Gasteiger charge is 2.36. The number of nitrogen functional groups attached to an aromatic ring is 1. The van der Waals surface area contributed by atoms with Crippen LogP contribution in [0.15, 0.2) is 47.1 Å². The molecule has 1 aliphatic heterocycles. The number of phenols is 1. The van der Waals surface area contributed by atoms with Gasteiger partial charge in [-0.15, -0.1) is 0 Å². The molecule has 1 fully saturated rings. The number of furan rings is 1. The van der Waals surface area contributed by atoms with E-state index in [-0.39, 0.29) is 36.4 Å². The van der Waals surface area contributed by atoms with Gasteiger partial charge in [0.15, 0.2) is 5.76 Å². The van der Waals surface area contributed by atoms with Crippen molar-refractivity contribution in [2.75, 3.05) is 25.4 Å². The van der Waals surface area contributed by atoms with E-state index in [0.717, 1.165) is 0 Å². The lowest BCUT2D eigenvalue weighted by molar-refractivity contribution is -0.152. The second-order valence-electron chi connectivity index (χ2n) is 5.85. The van der Waals surface area contributed by atoms with Crippen molar-refractivity contribution in [3.63, 3.8) is 0 Å². The molecular weight excluding hydrogens is 354 g/mol. The number of aliphatic carboxylic acids is 1. The molecule has 1 saturated heterocycles. The van der Waals surface area contributed by atoms with Crippen molar-refractivity contribution in [3.05, 3.63) is 48.4 Å². The Bertz CT molecular complexity index is 784. The fourth-order valence-electron chi connectivity index (χ4n) is 2.60. The van der Waals surface area contributed by atoms with Crippen molar-refractivity contribution in [3.8, 4) is 5.75 Å². The summed E-state index contributed by atoms with van der Waals surface area (Å²) in [5, 5.41) is 17.9. The van der Waals surface area contributed by atoms with E-state index in [4.69, 9.17) is 20.4 Å². The Labute approximate surface area is 155 Å². The molecule has 4 N–H and O–H groups in total. The van der Waals surface area contributed by atoms with Crippen molar-refractivity contribution in [1.82, 2.24) is 9.80 Å². The number of carbonyl (C=O) groups is 3. The number of aromatic hydroxyl groups is 1. The minimum absolute atomic E-state index is 0.0333. The van der Waals surface area contributed by atoms with Gasteiger partial charge in [-0.25, -0.2) is 4.79 Å². The molecule has 1 unspecified atom stereocenters. The number of phenolic OH excluding ortho intramolecular Hbond substituents is 1. The van der Waals surface area contributed by atoms with Gasteiger partial charge in [-0.1, -0.05) is 12.1 Å². The summed E-state index contributed by atoms with van der Waals surface area (Å²) >= 11 is 0. The molecule has 9 heteroatoms. The molecular formula is C18H21N3O6. The molecule has 1 atom stereocenters. The second-order valence-corrected chi connectivity index (χ2v) is 5.85. The van der Waals surface area contributed by atoms with Crippen LogP contribution in [-0.2, 0) is 9.59 Å². The number of nitrogens with two attached hydrogens (primary N) is 1. The smallest absolute Gasteiger partial charge is 0.328 e. The van der Waals surface area contributed by atoms with E-state index in [1.54, 1.807) is 30.3 Å². The first-order valence-electron chi connectivity index (χ1n) is 8.17. The van der Waals surface area contributed by atoms with E-state index >= 15 is 0 Å². The Balaban J connectivity index is 0.000000273. The number of anilines is 1. The highest BCUT2D eigenvalue weighted by Crippen LogP contribution is 2.16. The van der Waals surface area contributed by atoms with Gasteiger partial charge in [-0.05, 0) is 24.3 Å². The monoisotopic (exact) mass is 375 g/mol. The Morgan fingerprint density at radius 3 is 2.33 bits per heavy atom. The lowest BCUT2D eigenvalue weighted by atomic mass is 10.1. The van der Waals surface area contributed by atoms with Crippen molar-refractivity contribution < 1.29 is 29.0 Å². The number of carbonyl (C=O) groups excluding carboxylic acids is 2. The number of para-hydroxylation sites is 2. The summed E-state index contributed by atoms with van der Waals surface area (Å²) in [7, 11) is 0. The minimum atomic E-state index is -1.12. The van der Waals surface area contributed by atoms with Crippen LogP contribution in [0.25, 0.3) is 0 Å². The summed E-state index contributed by atoms with van der Waals surface area (Å²) in [5.41, 5.74) is 5.69. The molecule has 0 spiro atoms. The molecule has 2 aromatic rings. The van der Waals surface area contributed by atoms with E-state index in [2.05, 4.69) is 0 Å². The van der Waals surface area contributed by atoms with Crippen LogP contribution in [0.4, 0.5) is 5.69 Å². The number of carboxylic acids is 1. The fraction of sp³-hybridized carbons (Fsp3) is 0.278. The molecule has 1 aliphatic rings. The summed E-state index contributed by atoms with van der Waals surface area (Å²) in [6.07, 6.45) is 1.38. The molecule has 3 rings (SSSR count). The molecule has 1 aromatic carbocycles. The quantitative estimate of drug-likeness (QED) is 0.526. The second kappa shape index (κ2) is 8.75. The van der Waals surface area contributed by atoms with Gasteiger partial charge in [0.25, 0.3) is 5.91 Å². The van der Waals surface area contributed by atoms with Gasteiger partial charge in [0.1, 0.15) is 11.8 Å². The lowest BCUT2D eigenvalue weighted by Gasteiger charge is -2.38. The standard InChI is InChI=1S/C12H14N2O5.C6H7NO/c1-8(15)14-5-4-13(7-9(14)12(17)18)11(16)10-3-2-6-19-10;7-5-3-1-2-4-6(5)8/h2-3,6,9H,4-5,7H2,1H3,(H,17,18);1-4,8H,7H2. The molecule has 2 amide bonds. The first-order valence-corrected chi connectivity index (χ1v) is 8.17. The van der Waals surface area contributed by atoms with E-state index in [0.29, 0.717) is 12.2 Å². The van der Waals surface area contributed by atoms with Gasteiger partial charge in [0.05, 0.1) is 18.5 Å². The summed E-state index contributed by atoms with van der Waals surface area (Å²) in [6.45, 7) is 1.79. The zero-order valence-corrected chi connectivity index (χ0v) is 14.7. The first kappa shape index (κ1) is 19.8. The van der Waals surface area contributed by atoms with Crippen molar-refractivity contribution in [2.24, 2.45) is 0 Å². The number of benzene rings is 1. The van der Waals surface area contributed by atoms with Crippen LogP contribution in [0.3, 0.4) is 0 Å². The summed E-state index contributed by atoms with van der Waals surface area (Å²) in [4.78, 5) is 37.2. The van der Waals surface area contributed by atoms with Crippen molar-refractivity contribution in [2.45, 2.75) is 13.0 Å². The molecule has 0 radical (unpaired) electrons. The Morgan fingerprint density at radius 2 is 1.85 bits per heavy atom. The normalized spacial score (nSPS) is 16.3. The highest BCUT2D eigenvalue weighted by molar-refractivity contribution is 5.92. The van der Waals surface area contributed by atoms with Crippen LogP contribution in [0.1, 0.15) is 17.5 Å². The first-order chi connectivity index (χ1) is 12.8. The molecule has 27 heavy (non-hydrogen) atoms. The molecule has 0 saturated carbocycles. The third-order valence-corrected chi connectivity index (χ3v) is 4.03. The Kier molecular flexibility index (Phi) is 6.42. The van der Waals surface area contributed by atoms with Gasteiger partial charge in [-0.2, -0.15) is 0 Å². The minimum Gasteiger partial charge on any atom is -0.506 e. The lowest BCUT2D eigenvalue weighted by Crippen LogP contribution is -2.58. The van der Waals surface area contributed by atoms with Gasteiger partial charge in [0, 0.05) is 20.0 Å². The fourth-order valence-corrected chi connectivity index (χ4v) is 2.60. The SMILES string of the molecule is CC(=O)N1CCN(C(=O)c2ccco2)CC1C(=O)O.Nc1ccccc1O. The number of piperazine rings is 1. The maximum absolute atomic E-state index is 12.0. The zero-order chi connectivity index (χ0) is 20.0. The number of carboxylic acid groups (broad SMARTS) is 1. The van der Waals surface area contributed by atoms with Crippen LogP contribution in [0.5, 0.6) is 5.75 Å². The summed E-state index contributed by atoms with van der Waals surface area (Å²) in [6, 6.07) is 8.80. The van der Waals surface area contributed by atoms with E-state index in [1.165, 1.54) is 29.1 Å². The molecule has 144 valence electrons. The third kappa shape index (κ3) is 5.00. The molecule has 1 aromatic heterocycles. The number of hydrogen-bond acceptors (Lipinski definition) is 6. The van der Waals surface area contributed by atoms with Crippen LogP contribution >= 0.6 is 0 Å². The van der Waals surface area contributed by atoms with Gasteiger partial charge < -0.3 is 30.2 Å². The van der Waals surface area contributed by atoms with Gasteiger partial charge >= 0.3 is 5.97 Å². The predicted molar refractivity (Wildman–Crippen MR) is 95.9 cm³/mol. The number of hydrogen-bond donors (Lipinski definition) is 3. The van der Waals surface area contributed by atoms with Crippen molar-refractivity contribution in [1.29, 1.82) is 0 Å². The van der Waals surface area contributed by atoms with Gasteiger partial charge in [-0.3, -0.25) is 9.59 Å². The maximum atomic E-state index is 12.0. The summed E-state index contributed by atoms with van der Waals surface area (Å²) in [5.74, 6) is -1.47. The average Bonchev–Trinajstić information content (AvgIpc) is 3.18. The molecule has 9 nitrogen and oxygen atoms in total. The Morgan fingerprint density at radius 1 is 1.15 bits per heavy atom. The largest absolute Gasteiger partial charge is 0.506 e. The zero-order valence-electron chi connectivity index (χ0n) is 14.7.